The van der Waals surface area contributed by atoms with Gasteiger partial charge < -0.3 is 15.2 Å². The van der Waals surface area contributed by atoms with Gasteiger partial charge in [0.25, 0.3) is 5.91 Å². The minimum atomic E-state index is -1.15. The lowest BCUT2D eigenvalue weighted by Gasteiger charge is -2.15. The van der Waals surface area contributed by atoms with Crippen molar-refractivity contribution in [1.82, 2.24) is 5.32 Å². The summed E-state index contributed by atoms with van der Waals surface area (Å²) in [5.74, 6) is -0.941. The minimum absolute atomic E-state index is 0.181. The fourth-order valence-electron chi connectivity index (χ4n) is 3.88. The highest BCUT2D eigenvalue weighted by Gasteiger charge is 2.19. The Balaban J connectivity index is 1.78. The normalized spacial score (nSPS) is 13.9. The number of rotatable bonds is 9. The van der Waals surface area contributed by atoms with E-state index in [1.807, 2.05) is 0 Å². The van der Waals surface area contributed by atoms with Gasteiger partial charge in [0, 0.05) is 23.2 Å². The average Bonchev–Trinajstić information content (AvgIpc) is 3.23. The third kappa shape index (κ3) is 5.81. The van der Waals surface area contributed by atoms with Gasteiger partial charge in [-0.15, -0.1) is 0 Å². The van der Waals surface area contributed by atoms with E-state index in [0.717, 1.165) is 18.8 Å². The summed E-state index contributed by atoms with van der Waals surface area (Å²) in [6.45, 7) is 0.00596. The Morgan fingerprint density at radius 3 is 2.60 bits per heavy atom. The molecular formula is C23H25BrFNO4. The van der Waals surface area contributed by atoms with Gasteiger partial charge in [0.05, 0.1) is 4.47 Å². The third-order valence-corrected chi connectivity index (χ3v) is 5.95. The van der Waals surface area contributed by atoms with E-state index < -0.39 is 18.4 Å². The predicted molar refractivity (Wildman–Crippen MR) is 116 cm³/mol. The molecule has 0 saturated heterocycles. The van der Waals surface area contributed by atoms with Gasteiger partial charge in [-0.25, -0.2) is 9.18 Å². The second kappa shape index (κ2) is 10.6. The molecule has 0 unspecified atom stereocenters. The molecule has 1 aliphatic carbocycles. The number of hydrogen-bond donors (Lipinski definition) is 2. The summed E-state index contributed by atoms with van der Waals surface area (Å²) in [7, 11) is 0. The minimum Gasteiger partial charge on any atom is -0.480 e. The maximum Gasteiger partial charge on any atom is 0.341 e. The molecular weight excluding hydrogens is 453 g/mol. The second-order valence-corrected chi connectivity index (χ2v) is 8.40. The zero-order valence-electron chi connectivity index (χ0n) is 16.6. The first-order valence-electron chi connectivity index (χ1n) is 10.2. The van der Waals surface area contributed by atoms with Crippen LogP contribution in [0.4, 0.5) is 4.39 Å². The molecule has 30 heavy (non-hydrogen) atoms. The molecule has 5 nitrogen and oxygen atoms in total. The number of nitrogens with one attached hydrogen (secondary N) is 1. The molecule has 1 aliphatic rings. The van der Waals surface area contributed by atoms with Gasteiger partial charge in [0.2, 0.25) is 0 Å². The van der Waals surface area contributed by atoms with Crippen LogP contribution in [-0.2, 0) is 4.79 Å². The van der Waals surface area contributed by atoms with Crippen LogP contribution in [0, 0.1) is 11.7 Å². The molecule has 7 heteroatoms. The van der Waals surface area contributed by atoms with E-state index in [2.05, 4.69) is 21.2 Å². The van der Waals surface area contributed by atoms with E-state index in [9.17, 15) is 14.0 Å². The highest BCUT2D eigenvalue weighted by molar-refractivity contribution is 9.10. The molecule has 0 heterocycles. The Kier molecular flexibility index (Phi) is 7.85. The molecule has 2 N–H and O–H groups in total. The Morgan fingerprint density at radius 1 is 1.17 bits per heavy atom. The fraction of sp³-hybridized carbons (Fsp3) is 0.391. The van der Waals surface area contributed by atoms with Crippen molar-refractivity contribution in [2.45, 2.75) is 38.5 Å². The summed E-state index contributed by atoms with van der Waals surface area (Å²) >= 11 is 3.34. The molecule has 1 fully saturated rings. The molecule has 1 saturated carbocycles. The van der Waals surface area contributed by atoms with Gasteiger partial charge in [-0.1, -0.05) is 43.9 Å². The Hall–Kier alpha value is -2.41. The maximum absolute atomic E-state index is 14.4. The molecule has 3 rings (SSSR count). The van der Waals surface area contributed by atoms with E-state index in [4.69, 9.17) is 9.84 Å². The number of amides is 1. The van der Waals surface area contributed by atoms with Crippen LogP contribution in [0.5, 0.6) is 5.75 Å². The molecule has 0 aromatic heterocycles. The largest absolute Gasteiger partial charge is 0.480 e. The first-order chi connectivity index (χ1) is 14.5. The van der Waals surface area contributed by atoms with E-state index in [0.29, 0.717) is 22.1 Å². The van der Waals surface area contributed by atoms with Crippen molar-refractivity contribution in [1.29, 1.82) is 0 Å². The Labute approximate surface area is 183 Å². The molecule has 160 valence electrons. The lowest BCUT2D eigenvalue weighted by Crippen LogP contribution is -2.25. The number of aliphatic carboxylic acids is 1. The number of carbonyl (C=O) groups is 2. The maximum atomic E-state index is 14.4. The van der Waals surface area contributed by atoms with Crippen molar-refractivity contribution in [3.63, 3.8) is 0 Å². The highest BCUT2D eigenvalue weighted by Crippen LogP contribution is 2.39. The van der Waals surface area contributed by atoms with Gasteiger partial charge in [-0.05, 0) is 52.9 Å². The molecule has 0 spiro atoms. The summed E-state index contributed by atoms with van der Waals surface area (Å²) in [6, 6.07) is 9.20. The first kappa shape index (κ1) is 22.3. The topological polar surface area (TPSA) is 75.6 Å². The van der Waals surface area contributed by atoms with Gasteiger partial charge in [-0.3, -0.25) is 4.79 Å². The van der Waals surface area contributed by atoms with Gasteiger partial charge in [-0.2, -0.15) is 0 Å². The van der Waals surface area contributed by atoms with Crippen LogP contribution in [0.1, 0.15) is 48.9 Å². The van der Waals surface area contributed by atoms with Gasteiger partial charge in [0.1, 0.15) is 11.6 Å². The lowest BCUT2D eigenvalue weighted by molar-refractivity contribution is -0.139. The number of carbonyl (C=O) groups excluding carboxylic acids is 1. The van der Waals surface area contributed by atoms with Crippen molar-refractivity contribution >= 4 is 27.8 Å². The van der Waals surface area contributed by atoms with Crippen molar-refractivity contribution < 1.29 is 23.8 Å². The number of carboxylic acids is 1. The third-order valence-electron chi connectivity index (χ3n) is 5.36. The summed E-state index contributed by atoms with van der Waals surface area (Å²) in [5.41, 5.74) is 0.901. The molecule has 2 aromatic carbocycles. The molecule has 0 bridgehead atoms. The summed E-state index contributed by atoms with van der Waals surface area (Å²) in [5, 5.41) is 11.9. The average molecular weight is 478 g/mol. The number of ether oxygens (including phenoxy) is 1. The predicted octanol–water partition coefficient (Wildman–Crippen LogP) is 5.42. The number of hydrogen-bond acceptors (Lipinski definition) is 3. The lowest BCUT2D eigenvalue weighted by atomic mass is 10.0. The molecule has 0 aliphatic heterocycles. The highest BCUT2D eigenvalue weighted by atomic mass is 79.9. The van der Waals surface area contributed by atoms with Crippen molar-refractivity contribution in [3.8, 4) is 16.9 Å². The Morgan fingerprint density at radius 2 is 1.90 bits per heavy atom. The molecule has 0 atom stereocenters. The van der Waals surface area contributed by atoms with E-state index in [1.54, 1.807) is 24.3 Å². The first-order valence-corrected chi connectivity index (χ1v) is 11.0. The van der Waals surface area contributed by atoms with E-state index >= 15 is 0 Å². The standard InChI is InChI=1S/C23H25BrFNO4/c24-19-13-16(23(29)26-11-5-8-15-6-1-2-7-15)12-18(22(19)30-14-21(27)28)17-9-3-4-10-20(17)25/h3-4,9-10,12-13,15H,1-2,5-8,11,14H2,(H,26,29)(H,27,28). The SMILES string of the molecule is O=C(O)COc1c(Br)cc(C(=O)NCCCC2CCCC2)cc1-c1ccccc1F. The van der Waals surface area contributed by atoms with Crippen molar-refractivity contribution in [3.05, 3.63) is 52.3 Å². The molecule has 0 radical (unpaired) electrons. The molecule has 1 amide bonds. The van der Waals surface area contributed by atoms with Crippen LogP contribution in [0.3, 0.4) is 0 Å². The van der Waals surface area contributed by atoms with Crippen LogP contribution in [0.25, 0.3) is 11.1 Å². The summed E-state index contributed by atoms with van der Waals surface area (Å²) < 4.78 is 20.2. The van der Waals surface area contributed by atoms with Gasteiger partial charge in [0.15, 0.2) is 6.61 Å². The summed E-state index contributed by atoms with van der Waals surface area (Å²) in [6.07, 6.45) is 7.22. The van der Waals surface area contributed by atoms with Crippen LogP contribution in [0.2, 0.25) is 0 Å². The fourth-order valence-corrected chi connectivity index (χ4v) is 4.45. The zero-order chi connectivity index (χ0) is 21.5. The number of carboxylic acid groups (broad SMARTS) is 1. The summed E-state index contributed by atoms with van der Waals surface area (Å²) in [4.78, 5) is 23.6. The van der Waals surface area contributed by atoms with E-state index in [1.165, 1.54) is 37.8 Å². The zero-order valence-corrected chi connectivity index (χ0v) is 18.2. The van der Waals surface area contributed by atoms with Crippen LogP contribution in [-0.4, -0.2) is 30.1 Å². The van der Waals surface area contributed by atoms with Crippen LogP contribution >= 0.6 is 15.9 Å². The van der Waals surface area contributed by atoms with Crippen LogP contribution < -0.4 is 10.1 Å². The number of halogens is 2. The van der Waals surface area contributed by atoms with Crippen molar-refractivity contribution in [2.24, 2.45) is 5.92 Å². The van der Waals surface area contributed by atoms with Crippen molar-refractivity contribution in [2.75, 3.05) is 13.2 Å². The monoisotopic (exact) mass is 477 g/mol. The quantitative estimate of drug-likeness (QED) is 0.472. The smallest absolute Gasteiger partial charge is 0.341 e. The van der Waals surface area contributed by atoms with E-state index in [-0.39, 0.29) is 17.2 Å². The Bertz CT molecular complexity index is 912. The van der Waals surface area contributed by atoms with Gasteiger partial charge >= 0.3 is 5.97 Å². The number of benzene rings is 2. The molecule has 2 aromatic rings. The van der Waals surface area contributed by atoms with Crippen LogP contribution in [0.15, 0.2) is 40.9 Å². The second-order valence-electron chi connectivity index (χ2n) is 7.55.